The molecular formula is C18H22O. The molecule has 19 heavy (non-hydrogen) atoms. The summed E-state index contributed by atoms with van der Waals surface area (Å²) in [5.74, 6) is 8.28. The quantitative estimate of drug-likeness (QED) is 0.574. The molecule has 0 fully saturated rings. The van der Waals surface area contributed by atoms with Gasteiger partial charge >= 0.3 is 0 Å². The lowest BCUT2D eigenvalue weighted by atomic mass is 9.73. The number of ether oxygens (including phenoxy) is 1. The fourth-order valence-corrected chi connectivity index (χ4v) is 3.05. The van der Waals surface area contributed by atoms with Crippen LogP contribution in [-0.4, -0.2) is 7.11 Å². The van der Waals surface area contributed by atoms with Gasteiger partial charge in [-0.2, -0.15) is 0 Å². The molecule has 0 radical (unpaired) electrons. The monoisotopic (exact) mass is 254 g/mol. The lowest BCUT2D eigenvalue weighted by Gasteiger charge is -2.32. The van der Waals surface area contributed by atoms with Gasteiger partial charge in [0.2, 0.25) is 0 Å². The summed E-state index contributed by atoms with van der Waals surface area (Å²) in [7, 11) is 1.73. The summed E-state index contributed by atoms with van der Waals surface area (Å²) in [6, 6.07) is 6.49. The lowest BCUT2D eigenvalue weighted by Crippen LogP contribution is -2.19. The molecule has 1 aromatic rings. The molecule has 0 spiro atoms. The SMILES string of the molecule is C=C[C@@H]1CCc2cc(OC)ccc2[C@H]1CCC#CC. The maximum absolute atomic E-state index is 5.32. The van der Waals surface area contributed by atoms with Gasteiger partial charge in [-0.1, -0.05) is 12.1 Å². The average Bonchev–Trinajstić information content (AvgIpc) is 2.46. The van der Waals surface area contributed by atoms with Crippen LogP contribution in [0.15, 0.2) is 30.9 Å². The van der Waals surface area contributed by atoms with Gasteiger partial charge in [-0.3, -0.25) is 0 Å². The number of benzene rings is 1. The predicted octanol–water partition coefficient (Wildman–Crippen LogP) is 4.33. The lowest BCUT2D eigenvalue weighted by molar-refractivity contribution is 0.405. The third-order valence-corrected chi connectivity index (χ3v) is 4.07. The van der Waals surface area contributed by atoms with E-state index < -0.39 is 0 Å². The first-order chi connectivity index (χ1) is 9.30. The van der Waals surface area contributed by atoms with Gasteiger partial charge < -0.3 is 4.74 Å². The first kappa shape index (κ1) is 13.7. The molecule has 2 atom stereocenters. The second-order valence-electron chi connectivity index (χ2n) is 5.07. The van der Waals surface area contributed by atoms with Crippen molar-refractivity contribution in [2.45, 2.75) is 38.5 Å². The van der Waals surface area contributed by atoms with E-state index in [4.69, 9.17) is 4.74 Å². The van der Waals surface area contributed by atoms with E-state index in [9.17, 15) is 0 Å². The van der Waals surface area contributed by atoms with Crippen LogP contribution in [0.25, 0.3) is 0 Å². The highest BCUT2D eigenvalue weighted by Crippen LogP contribution is 2.40. The molecule has 0 unspecified atom stereocenters. The molecule has 1 nitrogen and oxygen atoms in total. The first-order valence-electron chi connectivity index (χ1n) is 6.99. The van der Waals surface area contributed by atoms with Crippen molar-refractivity contribution in [3.63, 3.8) is 0 Å². The molecule has 0 amide bonds. The molecule has 2 rings (SSSR count). The molecule has 1 aliphatic carbocycles. The van der Waals surface area contributed by atoms with Gasteiger partial charge in [0, 0.05) is 6.42 Å². The zero-order valence-corrected chi connectivity index (χ0v) is 11.9. The summed E-state index contributed by atoms with van der Waals surface area (Å²) in [6.07, 6.45) is 6.53. The van der Waals surface area contributed by atoms with Crippen molar-refractivity contribution in [2.24, 2.45) is 5.92 Å². The van der Waals surface area contributed by atoms with Crippen molar-refractivity contribution >= 4 is 0 Å². The molecule has 1 aliphatic rings. The molecule has 0 saturated carbocycles. The van der Waals surface area contributed by atoms with Gasteiger partial charge in [0.1, 0.15) is 5.75 Å². The van der Waals surface area contributed by atoms with Crippen LogP contribution >= 0.6 is 0 Å². The molecule has 0 aliphatic heterocycles. The Morgan fingerprint density at radius 1 is 1.47 bits per heavy atom. The third kappa shape index (κ3) is 3.01. The fraction of sp³-hybridized carbons (Fsp3) is 0.444. The van der Waals surface area contributed by atoms with E-state index in [0.29, 0.717) is 11.8 Å². The van der Waals surface area contributed by atoms with E-state index in [0.717, 1.165) is 25.0 Å². The minimum absolute atomic E-state index is 0.563. The van der Waals surface area contributed by atoms with E-state index in [2.05, 4.69) is 42.7 Å². The Hall–Kier alpha value is -1.68. The van der Waals surface area contributed by atoms with Crippen LogP contribution in [0.2, 0.25) is 0 Å². The fourth-order valence-electron chi connectivity index (χ4n) is 3.05. The van der Waals surface area contributed by atoms with Crippen molar-refractivity contribution in [3.05, 3.63) is 42.0 Å². The van der Waals surface area contributed by atoms with E-state index >= 15 is 0 Å². The van der Waals surface area contributed by atoms with Crippen LogP contribution < -0.4 is 4.74 Å². The van der Waals surface area contributed by atoms with Crippen LogP contribution in [-0.2, 0) is 6.42 Å². The first-order valence-corrected chi connectivity index (χ1v) is 6.99. The molecule has 100 valence electrons. The predicted molar refractivity (Wildman–Crippen MR) is 80.4 cm³/mol. The van der Waals surface area contributed by atoms with Crippen molar-refractivity contribution in [3.8, 4) is 17.6 Å². The van der Waals surface area contributed by atoms with Crippen molar-refractivity contribution in [1.82, 2.24) is 0 Å². The summed E-state index contributed by atoms with van der Waals surface area (Å²) < 4.78 is 5.32. The summed E-state index contributed by atoms with van der Waals surface area (Å²) >= 11 is 0. The number of hydrogen-bond donors (Lipinski definition) is 0. The Morgan fingerprint density at radius 3 is 3.00 bits per heavy atom. The summed E-state index contributed by atoms with van der Waals surface area (Å²) in [5.41, 5.74) is 2.90. The van der Waals surface area contributed by atoms with E-state index in [-0.39, 0.29) is 0 Å². The molecule has 0 saturated heterocycles. The van der Waals surface area contributed by atoms with E-state index in [1.807, 2.05) is 6.92 Å². The standard InChI is InChI=1S/C18H22O/c1-4-6-7-8-17-14(5-2)9-10-15-13-16(19-3)11-12-18(15)17/h5,11-14,17H,2,7-10H2,1,3H3/t14-,17+/m1/s1. The van der Waals surface area contributed by atoms with Gasteiger partial charge in [0.05, 0.1) is 7.11 Å². The normalized spacial score (nSPS) is 20.9. The Bertz CT molecular complexity index is 504. The largest absolute Gasteiger partial charge is 0.497 e. The van der Waals surface area contributed by atoms with Gasteiger partial charge in [-0.15, -0.1) is 18.4 Å². The van der Waals surface area contributed by atoms with Crippen LogP contribution in [0.4, 0.5) is 0 Å². The van der Waals surface area contributed by atoms with Crippen molar-refractivity contribution < 1.29 is 4.74 Å². The Morgan fingerprint density at radius 2 is 2.32 bits per heavy atom. The van der Waals surface area contributed by atoms with Crippen molar-refractivity contribution in [2.75, 3.05) is 7.11 Å². The zero-order chi connectivity index (χ0) is 13.7. The van der Waals surface area contributed by atoms with Crippen LogP contribution in [0, 0.1) is 17.8 Å². The highest BCUT2D eigenvalue weighted by molar-refractivity contribution is 5.40. The Labute approximate surface area is 116 Å². The van der Waals surface area contributed by atoms with Crippen LogP contribution in [0.5, 0.6) is 5.75 Å². The molecular weight excluding hydrogens is 232 g/mol. The number of allylic oxidation sites excluding steroid dienone is 1. The molecule has 0 N–H and O–H groups in total. The molecule has 1 heteroatoms. The second-order valence-corrected chi connectivity index (χ2v) is 5.07. The molecule has 1 aromatic carbocycles. The Kier molecular flexibility index (Phi) is 4.68. The van der Waals surface area contributed by atoms with E-state index in [1.165, 1.54) is 17.5 Å². The van der Waals surface area contributed by atoms with Gasteiger partial charge in [0.15, 0.2) is 0 Å². The van der Waals surface area contributed by atoms with Gasteiger partial charge in [0.25, 0.3) is 0 Å². The zero-order valence-electron chi connectivity index (χ0n) is 11.9. The Balaban J connectivity index is 2.27. The summed E-state index contributed by atoms with van der Waals surface area (Å²) in [4.78, 5) is 0. The molecule has 0 heterocycles. The van der Waals surface area contributed by atoms with Crippen LogP contribution in [0.3, 0.4) is 0 Å². The number of fused-ring (bicyclic) bond motifs is 1. The number of aryl methyl sites for hydroxylation is 1. The van der Waals surface area contributed by atoms with Crippen LogP contribution in [0.1, 0.15) is 43.2 Å². The number of hydrogen-bond acceptors (Lipinski definition) is 1. The van der Waals surface area contributed by atoms with Gasteiger partial charge in [-0.25, -0.2) is 0 Å². The van der Waals surface area contributed by atoms with Gasteiger partial charge in [-0.05, 0) is 61.3 Å². The summed E-state index contributed by atoms with van der Waals surface area (Å²) in [5, 5.41) is 0. The third-order valence-electron chi connectivity index (χ3n) is 4.07. The molecule has 0 aromatic heterocycles. The molecule has 0 bridgehead atoms. The minimum atomic E-state index is 0.563. The maximum atomic E-state index is 5.32. The van der Waals surface area contributed by atoms with Crippen molar-refractivity contribution in [1.29, 1.82) is 0 Å². The number of rotatable bonds is 4. The van der Waals surface area contributed by atoms with E-state index in [1.54, 1.807) is 7.11 Å². The topological polar surface area (TPSA) is 9.23 Å². The second kappa shape index (κ2) is 6.48. The maximum Gasteiger partial charge on any atom is 0.119 e. The smallest absolute Gasteiger partial charge is 0.119 e. The average molecular weight is 254 g/mol. The minimum Gasteiger partial charge on any atom is -0.497 e. The highest BCUT2D eigenvalue weighted by Gasteiger charge is 2.27. The summed E-state index contributed by atoms with van der Waals surface area (Å²) in [6.45, 7) is 5.92. The highest BCUT2D eigenvalue weighted by atomic mass is 16.5. The number of methoxy groups -OCH3 is 1.